The van der Waals surface area contributed by atoms with E-state index in [1.54, 1.807) is 12.3 Å². The number of furan rings is 1. The summed E-state index contributed by atoms with van der Waals surface area (Å²) in [5.74, 6) is -0.229. The number of amides is 2. The molecule has 0 aromatic carbocycles. The molecule has 2 amide bonds. The smallest absolute Gasteiger partial charge is 0.335 e. The Labute approximate surface area is 121 Å². The molecule has 0 aliphatic heterocycles. The van der Waals surface area contributed by atoms with Crippen LogP contribution in [0.1, 0.15) is 21.8 Å². The van der Waals surface area contributed by atoms with Gasteiger partial charge in [-0.3, -0.25) is 4.98 Å². The Morgan fingerprint density at radius 2 is 2.14 bits per heavy atom. The standard InChI is InChI=1S/C14H15N3O4/c18-13(19)10-3-5-15-11(8-10)9-17-14(20)16-6-4-12-2-1-7-21-12/h1-3,5,7-8H,4,6,9H2,(H,18,19)(H2,16,17,20). The number of nitrogens with one attached hydrogen (secondary N) is 2. The average molecular weight is 289 g/mol. The van der Waals surface area contributed by atoms with Crippen molar-refractivity contribution in [2.24, 2.45) is 0 Å². The van der Waals surface area contributed by atoms with Crippen molar-refractivity contribution in [2.75, 3.05) is 6.54 Å². The Hall–Kier alpha value is -2.83. The highest BCUT2D eigenvalue weighted by atomic mass is 16.4. The van der Waals surface area contributed by atoms with E-state index in [9.17, 15) is 9.59 Å². The highest BCUT2D eigenvalue weighted by Gasteiger charge is 2.06. The Balaban J connectivity index is 1.73. The zero-order chi connectivity index (χ0) is 15.1. The van der Waals surface area contributed by atoms with Gasteiger partial charge in [0, 0.05) is 19.2 Å². The number of aromatic carboxylic acids is 1. The normalized spacial score (nSPS) is 10.1. The van der Waals surface area contributed by atoms with Crippen LogP contribution in [0.15, 0.2) is 41.1 Å². The van der Waals surface area contributed by atoms with Crippen LogP contribution in [0, 0.1) is 0 Å². The van der Waals surface area contributed by atoms with Gasteiger partial charge in [-0.15, -0.1) is 0 Å². The van der Waals surface area contributed by atoms with Crippen LogP contribution in [0.2, 0.25) is 0 Å². The number of pyridine rings is 1. The van der Waals surface area contributed by atoms with Crippen molar-refractivity contribution in [3.63, 3.8) is 0 Å². The summed E-state index contributed by atoms with van der Waals surface area (Å²) in [6, 6.07) is 6.10. The first-order chi connectivity index (χ1) is 10.1. The molecule has 2 rings (SSSR count). The van der Waals surface area contributed by atoms with Crippen molar-refractivity contribution in [1.29, 1.82) is 0 Å². The lowest BCUT2D eigenvalue weighted by Crippen LogP contribution is -2.36. The molecular weight excluding hydrogens is 274 g/mol. The van der Waals surface area contributed by atoms with Crippen LogP contribution < -0.4 is 10.6 Å². The quantitative estimate of drug-likeness (QED) is 0.746. The molecule has 0 unspecified atom stereocenters. The first-order valence-electron chi connectivity index (χ1n) is 6.37. The minimum atomic E-state index is -1.03. The average Bonchev–Trinajstić information content (AvgIpc) is 2.99. The van der Waals surface area contributed by atoms with Crippen molar-refractivity contribution < 1.29 is 19.1 Å². The second-order valence-corrected chi connectivity index (χ2v) is 4.28. The molecule has 21 heavy (non-hydrogen) atoms. The molecule has 110 valence electrons. The molecule has 0 spiro atoms. The van der Waals surface area contributed by atoms with Gasteiger partial charge in [0.05, 0.1) is 24.1 Å². The van der Waals surface area contributed by atoms with Crippen LogP contribution in [0.4, 0.5) is 4.79 Å². The van der Waals surface area contributed by atoms with Crippen LogP contribution in [0.5, 0.6) is 0 Å². The van der Waals surface area contributed by atoms with Crippen LogP contribution in [0.3, 0.4) is 0 Å². The van der Waals surface area contributed by atoms with E-state index in [1.807, 2.05) is 6.07 Å². The van der Waals surface area contributed by atoms with Crippen LogP contribution in [-0.4, -0.2) is 28.6 Å². The molecule has 0 radical (unpaired) electrons. The first kappa shape index (κ1) is 14.6. The largest absolute Gasteiger partial charge is 0.478 e. The maximum Gasteiger partial charge on any atom is 0.335 e. The summed E-state index contributed by atoms with van der Waals surface area (Å²) >= 11 is 0. The van der Waals surface area contributed by atoms with E-state index < -0.39 is 5.97 Å². The molecule has 2 heterocycles. The van der Waals surface area contributed by atoms with Crippen molar-refractivity contribution in [3.05, 3.63) is 53.7 Å². The molecule has 2 aromatic heterocycles. The lowest BCUT2D eigenvalue weighted by atomic mass is 10.2. The third-order valence-corrected chi connectivity index (χ3v) is 2.73. The Morgan fingerprint density at radius 3 is 2.86 bits per heavy atom. The molecule has 0 fully saturated rings. The van der Waals surface area contributed by atoms with Gasteiger partial charge in [-0.1, -0.05) is 0 Å². The summed E-state index contributed by atoms with van der Waals surface area (Å²) in [4.78, 5) is 26.4. The van der Waals surface area contributed by atoms with E-state index in [0.29, 0.717) is 18.7 Å². The Kier molecular flexibility index (Phi) is 4.92. The maximum absolute atomic E-state index is 11.6. The number of nitrogens with zero attached hydrogens (tertiary/aromatic N) is 1. The van der Waals surface area contributed by atoms with E-state index in [2.05, 4.69) is 15.6 Å². The summed E-state index contributed by atoms with van der Waals surface area (Å²) in [6.07, 6.45) is 3.58. The Bertz CT molecular complexity index is 610. The fourth-order valence-corrected chi connectivity index (χ4v) is 1.70. The van der Waals surface area contributed by atoms with Gasteiger partial charge in [-0.2, -0.15) is 0 Å². The number of hydrogen-bond donors (Lipinski definition) is 3. The van der Waals surface area contributed by atoms with E-state index in [4.69, 9.17) is 9.52 Å². The van der Waals surface area contributed by atoms with Crippen LogP contribution in [-0.2, 0) is 13.0 Å². The summed E-state index contributed by atoms with van der Waals surface area (Å²) in [6.45, 7) is 0.607. The van der Waals surface area contributed by atoms with Gasteiger partial charge in [-0.25, -0.2) is 9.59 Å². The van der Waals surface area contributed by atoms with Crippen molar-refractivity contribution >= 4 is 12.0 Å². The third kappa shape index (κ3) is 4.64. The number of rotatable bonds is 6. The van der Waals surface area contributed by atoms with Crippen LogP contribution in [0.25, 0.3) is 0 Å². The summed E-state index contributed by atoms with van der Waals surface area (Å²) in [5.41, 5.74) is 0.621. The van der Waals surface area contributed by atoms with Gasteiger partial charge in [0.1, 0.15) is 5.76 Å². The van der Waals surface area contributed by atoms with Crippen molar-refractivity contribution in [2.45, 2.75) is 13.0 Å². The maximum atomic E-state index is 11.6. The third-order valence-electron chi connectivity index (χ3n) is 2.73. The second-order valence-electron chi connectivity index (χ2n) is 4.28. The molecule has 0 aliphatic rings. The molecule has 0 bridgehead atoms. The van der Waals surface area contributed by atoms with Gasteiger partial charge in [0.15, 0.2) is 0 Å². The van der Waals surface area contributed by atoms with Crippen molar-refractivity contribution in [3.8, 4) is 0 Å². The number of carboxylic acids is 1. The molecule has 0 saturated heterocycles. The van der Waals surface area contributed by atoms with Gasteiger partial charge >= 0.3 is 12.0 Å². The number of urea groups is 1. The molecule has 2 aromatic rings. The predicted molar refractivity (Wildman–Crippen MR) is 73.8 cm³/mol. The minimum absolute atomic E-state index is 0.139. The highest BCUT2D eigenvalue weighted by Crippen LogP contribution is 2.02. The summed E-state index contributed by atoms with van der Waals surface area (Å²) in [5, 5.41) is 14.1. The topological polar surface area (TPSA) is 104 Å². The zero-order valence-electron chi connectivity index (χ0n) is 11.2. The number of aromatic nitrogens is 1. The van der Waals surface area contributed by atoms with Gasteiger partial charge in [-0.05, 0) is 24.3 Å². The summed E-state index contributed by atoms with van der Waals surface area (Å²) < 4.78 is 5.14. The van der Waals surface area contributed by atoms with E-state index in [0.717, 1.165) is 5.76 Å². The minimum Gasteiger partial charge on any atom is -0.478 e. The lowest BCUT2D eigenvalue weighted by molar-refractivity contribution is 0.0696. The SMILES string of the molecule is O=C(NCCc1ccco1)NCc1cc(C(=O)O)ccn1. The second kappa shape index (κ2) is 7.09. The zero-order valence-corrected chi connectivity index (χ0v) is 11.2. The molecular formula is C14H15N3O4. The van der Waals surface area contributed by atoms with E-state index in [1.165, 1.54) is 18.3 Å². The monoisotopic (exact) mass is 289 g/mol. The first-order valence-corrected chi connectivity index (χ1v) is 6.37. The van der Waals surface area contributed by atoms with Crippen molar-refractivity contribution in [1.82, 2.24) is 15.6 Å². The van der Waals surface area contributed by atoms with E-state index in [-0.39, 0.29) is 18.1 Å². The molecule has 0 saturated carbocycles. The van der Waals surface area contributed by atoms with Gasteiger partial charge in [0.2, 0.25) is 0 Å². The molecule has 3 N–H and O–H groups in total. The molecule has 0 aliphatic carbocycles. The number of carbonyl (C=O) groups is 2. The van der Waals surface area contributed by atoms with Gasteiger partial charge < -0.3 is 20.2 Å². The number of hydrogen-bond acceptors (Lipinski definition) is 4. The fraction of sp³-hybridized carbons (Fsp3) is 0.214. The van der Waals surface area contributed by atoms with Gasteiger partial charge in [0.25, 0.3) is 0 Å². The molecule has 7 nitrogen and oxygen atoms in total. The number of carbonyl (C=O) groups excluding carboxylic acids is 1. The molecule has 7 heteroatoms. The number of carboxylic acid groups (broad SMARTS) is 1. The van der Waals surface area contributed by atoms with E-state index >= 15 is 0 Å². The lowest BCUT2D eigenvalue weighted by Gasteiger charge is -2.07. The summed E-state index contributed by atoms with van der Waals surface area (Å²) in [7, 11) is 0. The molecule has 0 atom stereocenters. The highest BCUT2D eigenvalue weighted by molar-refractivity contribution is 5.87. The van der Waals surface area contributed by atoms with Crippen LogP contribution >= 0.6 is 0 Å². The Morgan fingerprint density at radius 1 is 1.29 bits per heavy atom. The predicted octanol–water partition coefficient (Wildman–Crippen LogP) is 1.41. The fourth-order valence-electron chi connectivity index (χ4n) is 1.70.